The highest BCUT2D eigenvalue weighted by atomic mass is 17.2. The Morgan fingerprint density at radius 3 is 3.12 bits per heavy atom. The third-order valence-electron chi connectivity index (χ3n) is 3.39. The van der Waals surface area contributed by atoms with E-state index in [0.717, 1.165) is 38.2 Å². The Balaban J connectivity index is 1.92. The van der Waals surface area contributed by atoms with Crippen molar-refractivity contribution < 1.29 is 9.78 Å². The van der Waals surface area contributed by atoms with Crippen molar-refractivity contribution in [2.45, 2.75) is 18.9 Å². The summed E-state index contributed by atoms with van der Waals surface area (Å²) >= 11 is 0. The second-order valence-electron chi connectivity index (χ2n) is 4.54. The second kappa shape index (κ2) is 5.04. The maximum Gasteiger partial charge on any atom is 0.168 e. The summed E-state index contributed by atoms with van der Waals surface area (Å²) in [5.74, 6) is 0.882. The molecule has 0 amide bonds. The van der Waals surface area contributed by atoms with Crippen LogP contribution in [0.3, 0.4) is 0 Å². The number of piperazine rings is 1. The van der Waals surface area contributed by atoms with E-state index in [4.69, 9.17) is 9.78 Å². The molecule has 2 aliphatic heterocycles. The minimum atomic E-state index is 0.389. The summed E-state index contributed by atoms with van der Waals surface area (Å²) in [7, 11) is 0. The van der Waals surface area contributed by atoms with Gasteiger partial charge in [0.2, 0.25) is 0 Å². The minimum Gasteiger partial charge on any atom is -0.337 e. The molecule has 0 bridgehead atoms. The summed E-state index contributed by atoms with van der Waals surface area (Å²) < 4.78 is 0. The predicted octanol–water partition coefficient (Wildman–Crippen LogP) is 1.18. The molecular formula is C13H18N2O2. The normalized spacial score (nSPS) is 24.6. The maximum absolute atomic E-state index is 5.33. The molecule has 2 aliphatic rings. The Morgan fingerprint density at radius 1 is 1.24 bits per heavy atom. The predicted molar refractivity (Wildman–Crippen MR) is 65.0 cm³/mol. The summed E-state index contributed by atoms with van der Waals surface area (Å²) in [6.07, 6.45) is 2.05. The molecule has 1 aromatic rings. The fourth-order valence-electron chi connectivity index (χ4n) is 2.54. The molecule has 0 radical (unpaired) electrons. The zero-order valence-electron chi connectivity index (χ0n) is 9.87. The van der Waals surface area contributed by atoms with Crippen molar-refractivity contribution in [3.05, 3.63) is 29.3 Å². The lowest BCUT2D eigenvalue weighted by molar-refractivity contribution is -0.203. The molecule has 4 heteroatoms. The molecule has 0 spiro atoms. The van der Waals surface area contributed by atoms with Gasteiger partial charge in [-0.05, 0) is 24.5 Å². The van der Waals surface area contributed by atoms with Gasteiger partial charge in [0.1, 0.15) is 0 Å². The fraction of sp³-hybridized carbons (Fsp3) is 0.538. The van der Waals surface area contributed by atoms with Gasteiger partial charge in [0.15, 0.2) is 5.75 Å². The van der Waals surface area contributed by atoms with Gasteiger partial charge in [0.25, 0.3) is 0 Å². The number of hydrogen-bond acceptors (Lipinski definition) is 4. The summed E-state index contributed by atoms with van der Waals surface area (Å²) in [6.45, 7) is 3.72. The Hall–Kier alpha value is -1.10. The molecule has 92 valence electrons. The van der Waals surface area contributed by atoms with Crippen molar-refractivity contribution in [2.75, 3.05) is 26.2 Å². The van der Waals surface area contributed by atoms with E-state index in [1.165, 1.54) is 11.1 Å². The Labute approximate surface area is 101 Å². The average molecular weight is 234 g/mol. The summed E-state index contributed by atoms with van der Waals surface area (Å²) in [5.41, 5.74) is 2.64. The summed E-state index contributed by atoms with van der Waals surface area (Å²) in [5, 5.41) is 6.97. The fourth-order valence-corrected chi connectivity index (χ4v) is 2.54. The highest BCUT2D eigenvalue weighted by Gasteiger charge is 2.21. The van der Waals surface area contributed by atoms with Crippen LogP contribution in [0.5, 0.6) is 5.75 Å². The zero-order valence-corrected chi connectivity index (χ0v) is 9.87. The lowest BCUT2D eigenvalue weighted by atomic mass is 9.95. The molecule has 1 unspecified atom stereocenters. The van der Waals surface area contributed by atoms with E-state index >= 15 is 0 Å². The topological polar surface area (TPSA) is 42.5 Å². The smallest absolute Gasteiger partial charge is 0.168 e. The van der Waals surface area contributed by atoms with Crippen LogP contribution in [0.25, 0.3) is 0 Å². The highest BCUT2D eigenvalue weighted by Crippen LogP contribution is 2.30. The molecule has 1 saturated heterocycles. The van der Waals surface area contributed by atoms with Gasteiger partial charge >= 0.3 is 0 Å². The van der Waals surface area contributed by atoms with E-state index in [-0.39, 0.29) is 0 Å². The molecule has 3 rings (SSSR count). The molecule has 0 saturated carbocycles. The van der Waals surface area contributed by atoms with E-state index in [9.17, 15) is 0 Å². The monoisotopic (exact) mass is 234 g/mol. The quantitative estimate of drug-likeness (QED) is 0.716. The van der Waals surface area contributed by atoms with Crippen LogP contribution in [-0.2, 0) is 11.3 Å². The van der Waals surface area contributed by atoms with Gasteiger partial charge in [-0.25, -0.2) is 0 Å². The first-order valence-corrected chi connectivity index (χ1v) is 6.30. The van der Waals surface area contributed by atoms with Crippen molar-refractivity contribution in [1.29, 1.82) is 0 Å². The van der Waals surface area contributed by atoms with Crippen LogP contribution in [0.4, 0.5) is 0 Å². The number of fused-ring (bicyclic) bond motifs is 1. The van der Waals surface area contributed by atoms with Crippen LogP contribution < -0.4 is 15.5 Å². The van der Waals surface area contributed by atoms with Crippen LogP contribution >= 0.6 is 0 Å². The van der Waals surface area contributed by atoms with E-state index in [1.54, 1.807) is 0 Å². The van der Waals surface area contributed by atoms with Crippen LogP contribution in [-0.4, -0.2) is 26.2 Å². The zero-order chi connectivity index (χ0) is 11.5. The van der Waals surface area contributed by atoms with Gasteiger partial charge in [-0.2, -0.15) is 4.89 Å². The SMILES string of the molecule is c1cc2c(c(C3CNCCN3)c1)CCCOO2. The second-order valence-corrected chi connectivity index (χ2v) is 4.54. The van der Waals surface area contributed by atoms with Crippen molar-refractivity contribution in [1.82, 2.24) is 10.6 Å². The van der Waals surface area contributed by atoms with Crippen molar-refractivity contribution in [3.8, 4) is 5.75 Å². The Bertz CT molecular complexity index is 389. The molecule has 1 fully saturated rings. The molecule has 2 N–H and O–H groups in total. The van der Waals surface area contributed by atoms with Crippen LogP contribution in [0, 0.1) is 0 Å². The molecule has 1 aromatic carbocycles. The maximum atomic E-state index is 5.33. The largest absolute Gasteiger partial charge is 0.337 e. The Morgan fingerprint density at radius 2 is 2.24 bits per heavy atom. The van der Waals surface area contributed by atoms with Gasteiger partial charge < -0.3 is 15.5 Å². The standard InChI is InChI=1S/C13H18N2O2/c1-3-10(12-9-14-6-7-15-12)11-4-2-8-16-17-13(11)5-1/h1,3,5,12,14-15H,2,4,6-9H2. The van der Waals surface area contributed by atoms with Crippen LogP contribution in [0.1, 0.15) is 23.6 Å². The third kappa shape index (κ3) is 2.29. The molecule has 17 heavy (non-hydrogen) atoms. The first-order valence-electron chi connectivity index (χ1n) is 6.30. The number of nitrogens with one attached hydrogen (secondary N) is 2. The number of hydrogen-bond donors (Lipinski definition) is 2. The first-order chi connectivity index (χ1) is 8.45. The van der Waals surface area contributed by atoms with E-state index in [0.29, 0.717) is 12.6 Å². The van der Waals surface area contributed by atoms with E-state index < -0.39 is 0 Å². The number of benzene rings is 1. The van der Waals surface area contributed by atoms with Crippen molar-refractivity contribution in [2.24, 2.45) is 0 Å². The molecule has 1 atom stereocenters. The highest BCUT2D eigenvalue weighted by molar-refractivity contribution is 5.42. The molecule has 2 heterocycles. The van der Waals surface area contributed by atoms with Gasteiger partial charge in [-0.15, -0.1) is 0 Å². The lowest BCUT2D eigenvalue weighted by Crippen LogP contribution is -2.43. The minimum absolute atomic E-state index is 0.389. The Kier molecular flexibility index (Phi) is 3.27. The van der Waals surface area contributed by atoms with Gasteiger partial charge in [-0.1, -0.05) is 12.1 Å². The van der Waals surface area contributed by atoms with Crippen molar-refractivity contribution in [3.63, 3.8) is 0 Å². The van der Waals surface area contributed by atoms with E-state index in [2.05, 4.69) is 16.7 Å². The van der Waals surface area contributed by atoms with Gasteiger partial charge in [0, 0.05) is 31.2 Å². The average Bonchev–Trinajstić information content (AvgIpc) is 2.64. The molecular weight excluding hydrogens is 216 g/mol. The molecule has 0 aliphatic carbocycles. The van der Waals surface area contributed by atoms with Gasteiger partial charge in [0.05, 0.1) is 6.61 Å². The van der Waals surface area contributed by atoms with Crippen LogP contribution in [0.15, 0.2) is 18.2 Å². The molecule has 0 aromatic heterocycles. The van der Waals surface area contributed by atoms with Gasteiger partial charge in [-0.3, -0.25) is 0 Å². The third-order valence-corrected chi connectivity index (χ3v) is 3.39. The summed E-state index contributed by atoms with van der Waals surface area (Å²) in [6, 6.07) is 6.61. The van der Waals surface area contributed by atoms with E-state index in [1.807, 2.05) is 12.1 Å². The van der Waals surface area contributed by atoms with Crippen LogP contribution in [0.2, 0.25) is 0 Å². The lowest BCUT2D eigenvalue weighted by Gasteiger charge is -2.27. The van der Waals surface area contributed by atoms with Crippen molar-refractivity contribution >= 4 is 0 Å². The molecule has 4 nitrogen and oxygen atoms in total. The number of rotatable bonds is 1. The summed E-state index contributed by atoms with van der Waals surface area (Å²) in [4.78, 5) is 10.5. The first kappa shape index (κ1) is 11.0.